The second-order valence-electron chi connectivity index (χ2n) is 5.71. The summed E-state index contributed by atoms with van der Waals surface area (Å²) in [6.07, 6.45) is 5.27. The fourth-order valence-corrected chi connectivity index (χ4v) is 3.14. The van der Waals surface area contributed by atoms with Crippen LogP contribution in [0.3, 0.4) is 0 Å². The van der Waals surface area contributed by atoms with Crippen LogP contribution >= 0.6 is 0 Å². The molecule has 3 aromatic carbocycles. The van der Waals surface area contributed by atoms with Crippen molar-refractivity contribution in [2.45, 2.75) is 0 Å². The van der Waals surface area contributed by atoms with Crippen LogP contribution < -0.4 is 4.57 Å². The second kappa shape index (κ2) is 5.10. The van der Waals surface area contributed by atoms with Crippen LogP contribution in [-0.2, 0) is 0 Å². The summed E-state index contributed by atoms with van der Waals surface area (Å²) in [6.45, 7) is 0. The third kappa shape index (κ3) is 1.88. The van der Waals surface area contributed by atoms with Crippen molar-refractivity contribution in [1.82, 2.24) is 4.57 Å². The molecule has 0 aliphatic heterocycles. The van der Waals surface area contributed by atoms with Crippen molar-refractivity contribution in [2.24, 2.45) is 0 Å². The highest BCUT2D eigenvalue weighted by atomic mass is 16.3. The molecule has 0 amide bonds. The molecule has 0 unspecified atom stereocenters. The Labute approximate surface area is 139 Å². The number of imidazole rings is 1. The lowest BCUT2D eigenvalue weighted by molar-refractivity contribution is -0.572. The highest BCUT2D eigenvalue weighted by molar-refractivity contribution is 5.88. The van der Waals surface area contributed by atoms with Crippen molar-refractivity contribution in [3.8, 4) is 11.4 Å². The number of benzene rings is 3. The monoisotopic (exact) mass is 310 g/mol. The molecule has 5 rings (SSSR count). The predicted molar refractivity (Wildman–Crippen MR) is 93.4 cm³/mol. The van der Waals surface area contributed by atoms with Gasteiger partial charge < -0.3 is 4.42 Å². The molecule has 0 N–H and O–H groups in total. The summed E-state index contributed by atoms with van der Waals surface area (Å²) in [5, 5.41) is 1.08. The van der Waals surface area contributed by atoms with Crippen molar-refractivity contribution in [3.05, 3.63) is 91.5 Å². The molecule has 0 spiro atoms. The Morgan fingerprint density at radius 3 is 2.46 bits per heavy atom. The highest BCUT2D eigenvalue weighted by Crippen LogP contribution is 2.27. The maximum absolute atomic E-state index is 5.72. The van der Waals surface area contributed by atoms with Gasteiger partial charge in [-0.25, -0.2) is 0 Å². The first kappa shape index (κ1) is 13.1. The van der Waals surface area contributed by atoms with E-state index in [0.717, 1.165) is 33.4 Å². The summed E-state index contributed by atoms with van der Waals surface area (Å²) in [7, 11) is 0. The van der Waals surface area contributed by atoms with E-state index < -0.39 is 0 Å². The molecule has 0 fully saturated rings. The van der Waals surface area contributed by atoms with Gasteiger partial charge in [0, 0.05) is 5.39 Å². The first-order chi connectivity index (χ1) is 11.9. The summed E-state index contributed by atoms with van der Waals surface area (Å²) >= 11 is 0. The third-order valence-corrected chi connectivity index (χ3v) is 4.28. The Bertz CT molecular complexity index is 1150. The van der Waals surface area contributed by atoms with Crippen LogP contribution in [0.2, 0.25) is 0 Å². The van der Waals surface area contributed by atoms with E-state index in [4.69, 9.17) is 4.42 Å². The number of hydrogen-bond donors (Lipinski definition) is 0. The van der Waals surface area contributed by atoms with Gasteiger partial charge in [0.1, 0.15) is 17.5 Å². The van der Waals surface area contributed by atoms with Gasteiger partial charge in [-0.3, -0.25) is 9.13 Å². The first-order valence-electron chi connectivity index (χ1n) is 7.89. The zero-order valence-corrected chi connectivity index (χ0v) is 12.9. The van der Waals surface area contributed by atoms with E-state index >= 15 is 0 Å². The number of para-hydroxylation sites is 4. The van der Waals surface area contributed by atoms with Crippen LogP contribution in [0.1, 0.15) is 0 Å². The van der Waals surface area contributed by atoms with E-state index in [1.165, 1.54) is 0 Å². The molecule has 0 saturated heterocycles. The Balaban J connectivity index is 1.84. The van der Waals surface area contributed by atoms with Crippen molar-refractivity contribution in [2.75, 3.05) is 0 Å². The van der Waals surface area contributed by atoms with Gasteiger partial charge in [-0.05, 0) is 18.2 Å². The van der Waals surface area contributed by atoms with E-state index in [0.29, 0.717) is 0 Å². The van der Waals surface area contributed by atoms with Gasteiger partial charge in [-0.2, -0.15) is 0 Å². The fourth-order valence-electron chi connectivity index (χ4n) is 3.14. The number of furan rings is 1. The van der Waals surface area contributed by atoms with Crippen molar-refractivity contribution < 1.29 is 8.98 Å². The summed E-state index contributed by atoms with van der Waals surface area (Å²) < 4.78 is 9.86. The molecule has 2 heterocycles. The molecule has 24 heavy (non-hydrogen) atoms. The van der Waals surface area contributed by atoms with Crippen molar-refractivity contribution >= 4 is 22.0 Å². The number of fused-ring (bicyclic) bond motifs is 2. The summed E-state index contributed by atoms with van der Waals surface area (Å²) in [4.78, 5) is 0. The molecule has 2 aromatic heterocycles. The molecule has 114 valence electrons. The topological polar surface area (TPSA) is 21.9 Å². The quantitative estimate of drug-likeness (QED) is 0.349. The fraction of sp³-hybridized carbons (Fsp3) is 0. The minimum Gasteiger partial charge on any atom is -0.468 e. The van der Waals surface area contributed by atoms with Crippen LogP contribution in [0.25, 0.3) is 33.4 Å². The normalized spacial score (nSPS) is 11.3. The number of hydrogen-bond acceptors (Lipinski definition) is 1. The molecule has 5 aromatic rings. The van der Waals surface area contributed by atoms with E-state index in [1.54, 1.807) is 6.26 Å². The summed E-state index contributed by atoms with van der Waals surface area (Å²) in [6, 6.07) is 26.6. The minimum absolute atomic E-state index is 0.880. The van der Waals surface area contributed by atoms with Crippen LogP contribution in [0.15, 0.2) is 89.5 Å². The van der Waals surface area contributed by atoms with Crippen LogP contribution in [0.5, 0.6) is 0 Å². The van der Waals surface area contributed by atoms with E-state index in [1.807, 2.05) is 48.5 Å². The zero-order valence-electron chi connectivity index (χ0n) is 12.9. The SMILES string of the molecule is [c-]1n(-c2coc3ccccc23)c2ccccc2[n+]1-c1ccccc1. The zero-order chi connectivity index (χ0) is 15.9. The van der Waals surface area contributed by atoms with Crippen molar-refractivity contribution in [3.63, 3.8) is 0 Å². The van der Waals surface area contributed by atoms with Crippen LogP contribution in [0.4, 0.5) is 0 Å². The van der Waals surface area contributed by atoms with E-state index in [-0.39, 0.29) is 0 Å². The standard InChI is InChI=1S/C21H14N2O/c1-2-8-16(9-3-1)22-15-23(19-12-6-5-11-18(19)22)20-14-24-21-13-7-4-10-17(20)21/h1-14H. The molecule has 0 atom stereocenters. The number of rotatable bonds is 2. The van der Waals surface area contributed by atoms with Gasteiger partial charge in [0.15, 0.2) is 0 Å². The molecule has 0 bridgehead atoms. The van der Waals surface area contributed by atoms with Gasteiger partial charge in [0.25, 0.3) is 6.33 Å². The number of nitrogens with zero attached hydrogens (tertiary/aromatic N) is 2. The Hall–Kier alpha value is -3.33. The Kier molecular flexibility index (Phi) is 2.79. The highest BCUT2D eigenvalue weighted by Gasteiger charge is 2.15. The molecule has 3 heteroatoms. The molecular weight excluding hydrogens is 296 g/mol. The lowest BCUT2D eigenvalue weighted by Crippen LogP contribution is -2.29. The minimum atomic E-state index is 0.880. The first-order valence-corrected chi connectivity index (χ1v) is 7.89. The van der Waals surface area contributed by atoms with Gasteiger partial charge in [0.05, 0.1) is 16.7 Å². The average Bonchev–Trinajstić information content (AvgIpc) is 3.24. The predicted octanol–water partition coefficient (Wildman–Crippen LogP) is 4.45. The summed E-state index contributed by atoms with van der Waals surface area (Å²) in [5.74, 6) is 0. The lowest BCUT2D eigenvalue weighted by Gasteiger charge is -2.01. The Morgan fingerprint density at radius 1 is 0.792 bits per heavy atom. The molecular formula is C21H14N2O. The third-order valence-electron chi connectivity index (χ3n) is 4.28. The largest absolute Gasteiger partial charge is 0.468 e. The maximum atomic E-state index is 5.72. The van der Waals surface area contributed by atoms with E-state index in [2.05, 4.69) is 45.8 Å². The lowest BCUT2D eigenvalue weighted by atomic mass is 10.2. The van der Waals surface area contributed by atoms with E-state index in [9.17, 15) is 0 Å². The second-order valence-corrected chi connectivity index (χ2v) is 5.71. The number of aromatic nitrogens is 2. The van der Waals surface area contributed by atoms with Gasteiger partial charge in [0.2, 0.25) is 0 Å². The molecule has 0 radical (unpaired) electrons. The molecule has 0 aliphatic rings. The van der Waals surface area contributed by atoms with Gasteiger partial charge in [-0.15, -0.1) is 0 Å². The summed E-state index contributed by atoms with van der Waals surface area (Å²) in [5.41, 5.74) is 5.16. The van der Waals surface area contributed by atoms with Gasteiger partial charge in [-0.1, -0.05) is 60.7 Å². The van der Waals surface area contributed by atoms with Gasteiger partial charge >= 0.3 is 0 Å². The molecule has 0 saturated carbocycles. The molecule has 0 aliphatic carbocycles. The molecule has 3 nitrogen and oxygen atoms in total. The maximum Gasteiger partial charge on any atom is 0.269 e. The Morgan fingerprint density at radius 2 is 1.54 bits per heavy atom. The smallest absolute Gasteiger partial charge is 0.269 e. The van der Waals surface area contributed by atoms with Crippen molar-refractivity contribution in [1.29, 1.82) is 0 Å². The van der Waals surface area contributed by atoms with Crippen LogP contribution in [-0.4, -0.2) is 4.57 Å². The average molecular weight is 310 g/mol. The van der Waals surface area contributed by atoms with Crippen LogP contribution in [0, 0.1) is 6.33 Å².